The highest BCUT2D eigenvalue weighted by Crippen LogP contribution is 2.25. The first-order valence-corrected chi connectivity index (χ1v) is 11.3. The number of amides is 2. The smallest absolute Gasteiger partial charge is 0.337 e. The van der Waals surface area contributed by atoms with Crippen molar-refractivity contribution in [2.75, 3.05) is 48.3 Å². The van der Waals surface area contributed by atoms with E-state index in [0.717, 1.165) is 6.07 Å². The van der Waals surface area contributed by atoms with Crippen molar-refractivity contribution in [3.05, 3.63) is 89.5 Å². The Morgan fingerprint density at radius 3 is 2.22 bits per heavy atom. The molecule has 0 saturated carbocycles. The van der Waals surface area contributed by atoms with Crippen LogP contribution in [0.1, 0.15) is 20.7 Å². The molecule has 10 heteroatoms. The number of halogens is 2. The Bertz CT molecular complexity index is 1280. The quantitative estimate of drug-likeness (QED) is 0.463. The van der Waals surface area contributed by atoms with Gasteiger partial charge in [0, 0.05) is 43.1 Å². The second-order valence-corrected chi connectivity index (χ2v) is 8.32. The first kappa shape index (κ1) is 24.8. The van der Waals surface area contributed by atoms with Gasteiger partial charge in [-0.3, -0.25) is 14.5 Å². The molecule has 186 valence electrons. The molecule has 0 radical (unpaired) electrons. The Balaban J connectivity index is 1.36. The SMILES string of the molecule is O=C(CN1CCN(c2ccc(NC(=O)c3cccc(F)c3)c(C(=O)O)c2)CC1)Nc1ccc(F)cc1. The van der Waals surface area contributed by atoms with E-state index < -0.39 is 17.7 Å². The molecule has 1 heterocycles. The molecule has 36 heavy (non-hydrogen) atoms. The molecular formula is C26H24F2N4O4. The summed E-state index contributed by atoms with van der Waals surface area (Å²) in [5.41, 5.74) is 1.29. The van der Waals surface area contributed by atoms with E-state index in [1.54, 1.807) is 6.07 Å². The molecule has 3 aromatic rings. The van der Waals surface area contributed by atoms with Gasteiger partial charge < -0.3 is 20.6 Å². The lowest BCUT2D eigenvalue weighted by Crippen LogP contribution is -2.48. The third-order valence-electron chi connectivity index (χ3n) is 5.80. The van der Waals surface area contributed by atoms with Gasteiger partial charge in [-0.25, -0.2) is 13.6 Å². The molecule has 0 atom stereocenters. The molecule has 1 aliphatic rings. The maximum Gasteiger partial charge on any atom is 0.337 e. The third-order valence-corrected chi connectivity index (χ3v) is 5.80. The van der Waals surface area contributed by atoms with E-state index in [-0.39, 0.29) is 35.1 Å². The number of aromatic carboxylic acids is 1. The van der Waals surface area contributed by atoms with Gasteiger partial charge in [-0.05, 0) is 60.7 Å². The highest BCUT2D eigenvalue weighted by molar-refractivity contribution is 6.08. The molecule has 0 aliphatic carbocycles. The number of carboxylic acids is 1. The van der Waals surface area contributed by atoms with Gasteiger partial charge in [0.1, 0.15) is 11.6 Å². The summed E-state index contributed by atoms with van der Waals surface area (Å²) < 4.78 is 26.4. The third kappa shape index (κ3) is 6.22. The molecule has 1 aliphatic heterocycles. The van der Waals surface area contributed by atoms with Crippen LogP contribution in [-0.4, -0.2) is 60.5 Å². The fourth-order valence-corrected chi connectivity index (χ4v) is 3.94. The van der Waals surface area contributed by atoms with Crippen LogP contribution in [0.3, 0.4) is 0 Å². The van der Waals surface area contributed by atoms with Crippen molar-refractivity contribution in [3.63, 3.8) is 0 Å². The van der Waals surface area contributed by atoms with Gasteiger partial charge in [0.2, 0.25) is 5.91 Å². The summed E-state index contributed by atoms with van der Waals surface area (Å²) in [5.74, 6) is -2.97. The number of carboxylic acid groups (broad SMARTS) is 1. The van der Waals surface area contributed by atoms with Gasteiger partial charge in [-0.1, -0.05) is 6.07 Å². The van der Waals surface area contributed by atoms with Gasteiger partial charge in [-0.15, -0.1) is 0 Å². The van der Waals surface area contributed by atoms with Crippen molar-refractivity contribution in [3.8, 4) is 0 Å². The average Bonchev–Trinajstić information content (AvgIpc) is 2.86. The Kier molecular flexibility index (Phi) is 7.55. The molecule has 0 spiro atoms. The Labute approximate surface area is 206 Å². The molecule has 8 nitrogen and oxygen atoms in total. The fraction of sp³-hybridized carbons (Fsp3) is 0.192. The zero-order valence-electron chi connectivity index (χ0n) is 19.2. The Hall–Kier alpha value is -4.31. The standard InChI is InChI=1S/C26H24F2N4O4/c27-18-4-6-20(7-5-18)29-24(33)16-31-10-12-32(13-11-31)21-8-9-23(22(15-21)26(35)36)30-25(34)17-2-1-3-19(28)14-17/h1-9,14-15H,10-13,16H2,(H,29,33)(H,30,34)(H,35,36). The van der Waals surface area contributed by atoms with Crippen molar-refractivity contribution in [2.45, 2.75) is 0 Å². The van der Waals surface area contributed by atoms with Crippen molar-refractivity contribution in [2.24, 2.45) is 0 Å². The van der Waals surface area contributed by atoms with Gasteiger partial charge in [0.25, 0.3) is 5.91 Å². The number of hydrogen-bond donors (Lipinski definition) is 3. The number of carbonyl (C=O) groups is 3. The maximum atomic E-state index is 13.4. The lowest BCUT2D eigenvalue weighted by Gasteiger charge is -2.36. The minimum Gasteiger partial charge on any atom is -0.478 e. The predicted octanol–water partition coefficient (Wildman–Crippen LogP) is 3.68. The van der Waals surface area contributed by atoms with Crippen molar-refractivity contribution >= 4 is 34.8 Å². The number of carbonyl (C=O) groups excluding carboxylic acids is 2. The minimum atomic E-state index is -1.21. The minimum absolute atomic E-state index is 0.0787. The summed E-state index contributed by atoms with van der Waals surface area (Å²) in [4.78, 5) is 40.6. The van der Waals surface area contributed by atoms with Crippen molar-refractivity contribution in [1.29, 1.82) is 0 Å². The summed E-state index contributed by atoms with van der Waals surface area (Å²) in [6, 6.07) is 15.4. The van der Waals surface area contributed by atoms with Crippen LogP contribution in [0.25, 0.3) is 0 Å². The van der Waals surface area contributed by atoms with Gasteiger partial charge in [0.05, 0.1) is 17.8 Å². The molecule has 0 bridgehead atoms. The zero-order chi connectivity index (χ0) is 25.7. The number of hydrogen-bond acceptors (Lipinski definition) is 5. The molecule has 1 saturated heterocycles. The molecule has 1 fully saturated rings. The normalized spacial score (nSPS) is 13.8. The van der Waals surface area contributed by atoms with Crippen LogP contribution in [0, 0.1) is 11.6 Å². The van der Waals surface area contributed by atoms with Crippen LogP contribution in [0.2, 0.25) is 0 Å². The topological polar surface area (TPSA) is 102 Å². The molecule has 0 aromatic heterocycles. The van der Waals surface area contributed by atoms with Crippen LogP contribution in [0.4, 0.5) is 25.8 Å². The Morgan fingerprint density at radius 1 is 0.833 bits per heavy atom. The number of nitrogens with one attached hydrogen (secondary N) is 2. The zero-order valence-corrected chi connectivity index (χ0v) is 19.2. The highest BCUT2D eigenvalue weighted by atomic mass is 19.1. The summed E-state index contributed by atoms with van der Waals surface area (Å²) in [7, 11) is 0. The van der Waals surface area contributed by atoms with E-state index in [0.29, 0.717) is 37.6 Å². The predicted molar refractivity (Wildman–Crippen MR) is 131 cm³/mol. The molecule has 2 amide bonds. The van der Waals surface area contributed by atoms with E-state index >= 15 is 0 Å². The van der Waals surface area contributed by atoms with Crippen LogP contribution in [0.15, 0.2) is 66.7 Å². The molecule has 4 rings (SSSR count). The molecule has 3 aromatic carbocycles. The van der Waals surface area contributed by atoms with E-state index in [4.69, 9.17) is 0 Å². The van der Waals surface area contributed by atoms with Gasteiger partial charge in [-0.2, -0.15) is 0 Å². The number of benzene rings is 3. The first-order chi connectivity index (χ1) is 17.3. The largest absolute Gasteiger partial charge is 0.478 e. The number of rotatable bonds is 7. The van der Waals surface area contributed by atoms with Crippen LogP contribution < -0.4 is 15.5 Å². The second-order valence-electron chi connectivity index (χ2n) is 8.32. The van der Waals surface area contributed by atoms with Gasteiger partial charge >= 0.3 is 5.97 Å². The van der Waals surface area contributed by atoms with E-state index in [2.05, 4.69) is 10.6 Å². The van der Waals surface area contributed by atoms with Crippen LogP contribution >= 0.6 is 0 Å². The number of nitrogens with zero attached hydrogens (tertiary/aromatic N) is 2. The van der Waals surface area contributed by atoms with E-state index in [1.807, 2.05) is 9.80 Å². The fourth-order valence-electron chi connectivity index (χ4n) is 3.94. The van der Waals surface area contributed by atoms with Crippen molar-refractivity contribution < 1.29 is 28.3 Å². The highest BCUT2D eigenvalue weighted by Gasteiger charge is 2.22. The van der Waals surface area contributed by atoms with E-state index in [9.17, 15) is 28.3 Å². The number of anilines is 3. The van der Waals surface area contributed by atoms with Gasteiger partial charge in [0.15, 0.2) is 0 Å². The molecular weight excluding hydrogens is 470 g/mol. The summed E-state index contributed by atoms with van der Waals surface area (Å²) in [6.07, 6.45) is 0. The lowest BCUT2D eigenvalue weighted by atomic mass is 10.1. The van der Waals surface area contributed by atoms with Crippen molar-refractivity contribution in [1.82, 2.24) is 4.90 Å². The summed E-state index contributed by atoms with van der Waals surface area (Å²) in [5, 5.41) is 15.0. The Morgan fingerprint density at radius 2 is 1.56 bits per heavy atom. The molecule has 0 unspecified atom stereocenters. The first-order valence-electron chi connectivity index (χ1n) is 11.3. The van der Waals surface area contributed by atoms with Crippen LogP contribution in [-0.2, 0) is 4.79 Å². The van der Waals surface area contributed by atoms with Crippen LogP contribution in [0.5, 0.6) is 0 Å². The number of piperazine rings is 1. The monoisotopic (exact) mass is 494 g/mol. The summed E-state index contributed by atoms with van der Waals surface area (Å²) in [6.45, 7) is 2.47. The lowest BCUT2D eigenvalue weighted by molar-refractivity contribution is -0.117. The maximum absolute atomic E-state index is 13.4. The van der Waals surface area contributed by atoms with E-state index in [1.165, 1.54) is 54.6 Å². The molecule has 3 N–H and O–H groups in total. The second kappa shape index (κ2) is 11.0. The average molecular weight is 494 g/mol. The summed E-state index contributed by atoms with van der Waals surface area (Å²) >= 11 is 0.